The van der Waals surface area contributed by atoms with Crippen LogP contribution in [0.15, 0.2) is 30.3 Å². The highest BCUT2D eigenvalue weighted by Crippen LogP contribution is 2.07. The molecule has 0 saturated carbocycles. The maximum Gasteiger partial charge on any atom is 0.307 e. The van der Waals surface area contributed by atoms with Crippen LogP contribution < -0.4 is 4.74 Å². The zero-order chi connectivity index (χ0) is 22.2. The molecule has 0 spiro atoms. The third-order valence-corrected chi connectivity index (χ3v) is 3.78. The summed E-state index contributed by atoms with van der Waals surface area (Å²) in [6.07, 6.45) is 0.253. The number of rotatable bonds is 22. The van der Waals surface area contributed by atoms with Crippen LogP contribution in [0.25, 0.3) is 0 Å². The average Bonchev–Trinajstić information content (AvgIpc) is 2.80. The van der Waals surface area contributed by atoms with Crippen LogP contribution in [0.5, 0.6) is 5.75 Å². The van der Waals surface area contributed by atoms with Crippen molar-refractivity contribution in [1.82, 2.24) is 0 Å². The van der Waals surface area contributed by atoms with Gasteiger partial charge in [0.1, 0.15) is 12.4 Å². The third-order valence-electron chi connectivity index (χ3n) is 3.78. The van der Waals surface area contributed by atoms with Crippen LogP contribution in [0.4, 0.5) is 0 Å². The zero-order valence-corrected chi connectivity index (χ0v) is 18.5. The molecule has 0 bridgehead atoms. The van der Waals surface area contributed by atoms with E-state index in [0.717, 1.165) is 5.75 Å². The van der Waals surface area contributed by atoms with Crippen molar-refractivity contribution in [2.45, 2.75) is 6.42 Å². The van der Waals surface area contributed by atoms with Gasteiger partial charge in [-0.3, -0.25) is 4.79 Å². The van der Waals surface area contributed by atoms with Crippen LogP contribution in [-0.2, 0) is 38.0 Å². The van der Waals surface area contributed by atoms with Crippen LogP contribution >= 0.6 is 0 Å². The Bertz CT molecular complexity index is 513. The molecule has 1 rings (SSSR count). The summed E-state index contributed by atoms with van der Waals surface area (Å²) in [4.78, 5) is 10.9. The second-order valence-corrected chi connectivity index (χ2v) is 6.16. The topological polar surface area (TPSA) is 90.9 Å². The first kappa shape index (κ1) is 27.3. The fraction of sp³-hybridized carbons (Fsp3) is 0.682. The van der Waals surface area contributed by atoms with Gasteiger partial charge in [-0.2, -0.15) is 0 Å². The molecule has 0 unspecified atom stereocenters. The van der Waals surface area contributed by atoms with Crippen LogP contribution in [0.1, 0.15) is 6.42 Å². The van der Waals surface area contributed by atoms with E-state index in [1.165, 1.54) is 7.11 Å². The molecule has 0 aliphatic carbocycles. The van der Waals surface area contributed by atoms with Crippen LogP contribution in [0, 0.1) is 0 Å². The summed E-state index contributed by atoms with van der Waals surface area (Å²) in [5.74, 6) is 0.562. The van der Waals surface area contributed by atoms with E-state index in [1.54, 1.807) is 0 Å². The minimum absolute atomic E-state index is 0.253. The van der Waals surface area contributed by atoms with Gasteiger partial charge < -0.3 is 37.9 Å². The van der Waals surface area contributed by atoms with E-state index in [2.05, 4.69) is 4.74 Å². The number of para-hydroxylation sites is 1. The lowest BCUT2D eigenvalue weighted by Gasteiger charge is -2.08. The van der Waals surface area contributed by atoms with Gasteiger partial charge >= 0.3 is 5.97 Å². The number of hydrogen-bond acceptors (Lipinski definition) is 9. The van der Waals surface area contributed by atoms with Crippen molar-refractivity contribution >= 4 is 5.97 Å². The van der Waals surface area contributed by atoms with Crippen LogP contribution in [0.2, 0.25) is 0 Å². The lowest BCUT2D eigenvalue weighted by molar-refractivity contribution is -0.141. The highest BCUT2D eigenvalue weighted by atomic mass is 16.6. The Morgan fingerprint density at radius 1 is 0.581 bits per heavy atom. The minimum Gasteiger partial charge on any atom is -0.491 e. The van der Waals surface area contributed by atoms with Crippen molar-refractivity contribution in [3.8, 4) is 5.75 Å². The van der Waals surface area contributed by atoms with E-state index in [1.807, 2.05) is 30.3 Å². The van der Waals surface area contributed by atoms with Crippen molar-refractivity contribution in [1.29, 1.82) is 0 Å². The smallest absolute Gasteiger partial charge is 0.307 e. The Hall–Kier alpha value is -1.75. The third kappa shape index (κ3) is 18.7. The van der Waals surface area contributed by atoms with Crippen LogP contribution in [-0.4, -0.2) is 99.0 Å². The maximum absolute atomic E-state index is 10.9. The molecule has 0 saturated heterocycles. The monoisotopic (exact) mass is 444 g/mol. The van der Waals surface area contributed by atoms with E-state index in [-0.39, 0.29) is 12.4 Å². The molecule has 0 fully saturated rings. The quantitative estimate of drug-likeness (QED) is 0.196. The average molecular weight is 445 g/mol. The van der Waals surface area contributed by atoms with Crippen molar-refractivity contribution in [3.63, 3.8) is 0 Å². The number of carbonyl (C=O) groups excluding carboxylic acids is 1. The highest BCUT2D eigenvalue weighted by Gasteiger charge is 1.99. The van der Waals surface area contributed by atoms with Gasteiger partial charge in [0.25, 0.3) is 0 Å². The van der Waals surface area contributed by atoms with E-state index in [4.69, 9.17) is 33.2 Å². The molecule has 0 heterocycles. The standard InChI is InChI=1S/C22H36O9/c1-24-22(23)7-8-25-9-10-26-11-12-27-13-14-28-15-16-29-17-18-30-19-20-31-21-5-3-2-4-6-21/h2-6H,7-20H2,1H3. The highest BCUT2D eigenvalue weighted by molar-refractivity contribution is 5.69. The van der Waals surface area contributed by atoms with Gasteiger partial charge in [-0.15, -0.1) is 0 Å². The van der Waals surface area contributed by atoms with Gasteiger partial charge in [0, 0.05) is 0 Å². The van der Waals surface area contributed by atoms with Gasteiger partial charge in [-0.1, -0.05) is 18.2 Å². The molecule has 0 aliphatic heterocycles. The predicted molar refractivity (Wildman–Crippen MR) is 113 cm³/mol. The fourth-order valence-electron chi connectivity index (χ4n) is 2.19. The summed E-state index contributed by atoms with van der Waals surface area (Å²) in [6.45, 7) is 6.35. The lowest BCUT2D eigenvalue weighted by atomic mass is 10.3. The molecule has 0 aromatic heterocycles. The molecule has 31 heavy (non-hydrogen) atoms. The molecule has 9 heteroatoms. The predicted octanol–water partition coefficient (Wildman–Crippen LogP) is 1.73. The minimum atomic E-state index is -0.280. The number of hydrogen-bond donors (Lipinski definition) is 0. The normalized spacial score (nSPS) is 10.9. The molecule has 1 aromatic rings. The number of ether oxygens (including phenoxy) is 8. The largest absolute Gasteiger partial charge is 0.491 e. The Kier molecular flexibility index (Phi) is 18.9. The Labute approximate surface area is 184 Å². The summed E-state index contributed by atoms with van der Waals surface area (Å²) < 4.78 is 42.3. The fourth-order valence-corrected chi connectivity index (χ4v) is 2.19. The van der Waals surface area contributed by atoms with Gasteiger partial charge in [0.15, 0.2) is 0 Å². The molecule has 0 amide bonds. The van der Waals surface area contributed by atoms with Crippen molar-refractivity contribution in [2.24, 2.45) is 0 Å². The van der Waals surface area contributed by atoms with Gasteiger partial charge in [0.05, 0.1) is 92.8 Å². The Balaban J connectivity index is 1.67. The summed E-state index contributed by atoms with van der Waals surface area (Å²) in [7, 11) is 1.35. The number of esters is 1. The van der Waals surface area contributed by atoms with E-state index in [9.17, 15) is 4.79 Å². The number of methoxy groups -OCH3 is 1. The molecule has 0 N–H and O–H groups in total. The van der Waals surface area contributed by atoms with Gasteiger partial charge in [-0.05, 0) is 12.1 Å². The second kappa shape index (κ2) is 21.5. The Morgan fingerprint density at radius 3 is 1.39 bits per heavy atom. The van der Waals surface area contributed by atoms with Crippen molar-refractivity contribution in [2.75, 3.05) is 93.0 Å². The summed E-state index contributed by atoms with van der Waals surface area (Å²) in [5, 5.41) is 0. The first-order chi connectivity index (χ1) is 15.3. The molecule has 1 aromatic carbocycles. The second-order valence-electron chi connectivity index (χ2n) is 6.16. The molecule has 0 atom stereocenters. The van der Waals surface area contributed by atoms with E-state index < -0.39 is 0 Å². The van der Waals surface area contributed by atoms with E-state index >= 15 is 0 Å². The maximum atomic E-state index is 10.9. The van der Waals surface area contributed by atoms with Gasteiger partial charge in [0.2, 0.25) is 0 Å². The van der Waals surface area contributed by atoms with Crippen LogP contribution in [0.3, 0.4) is 0 Å². The lowest BCUT2D eigenvalue weighted by Crippen LogP contribution is -2.15. The zero-order valence-electron chi connectivity index (χ0n) is 18.5. The molecular weight excluding hydrogens is 408 g/mol. The summed E-state index contributed by atoms with van der Waals surface area (Å²) in [6, 6.07) is 9.65. The molecular formula is C22H36O9. The number of carbonyl (C=O) groups is 1. The van der Waals surface area contributed by atoms with E-state index in [0.29, 0.717) is 85.9 Å². The summed E-state index contributed by atoms with van der Waals surface area (Å²) in [5.41, 5.74) is 0. The first-order valence-corrected chi connectivity index (χ1v) is 10.5. The van der Waals surface area contributed by atoms with Crippen molar-refractivity contribution in [3.05, 3.63) is 30.3 Å². The summed E-state index contributed by atoms with van der Waals surface area (Å²) >= 11 is 0. The van der Waals surface area contributed by atoms with Gasteiger partial charge in [-0.25, -0.2) is 0 Å². The first-order valence-electron chi connectivity index (χ1n) is 10.5. The molecule has 178 valence electrons. The molecule has 0 aliphatic rings. The molecule has 9 nitrogen and oxygen atoms in total. The number of benzene rings is 1. The SMILES string of the molecule is COC(=O)CCOCCOCCOCCOCCOCCOCCOc1ccccc1. The van der Waals surface area contributed by atoms with Crippen molar-refractivity contribution < 1.29 is 42.7 Å². The molecule has 0 radical (unpaired) electrons. The Morgan fingerprint density at radius 2 is 0.968 bits per heavy atom.